The summed E-state index contributed by atoms with van der Waals surface area (Å²) in [5.41, 5.74) is 3.54. The summed E-state index contributed by atoms with van der Waals surface area (Å²) in [5, 5.41) is 3.23. The van der Waals surface area contributed by atoms with Gasteiger partial charge in [0.05, 0.1) is 18.4 Å². The van der Waals surface area contributed by atoms with Crippen LogP contribution in [0.15, 0.2) is 30.5 Å². The summed E-state index contributed by atoms with van der Waals surface area (Å²) < 4.78 is 35.9. The summed E-state index contributed by atoms with van der Waals surface area (Å²) in [6, 6.07) is 7.40. The van der Waals surface area contributed by atoms with E-state index in [1.54, 1.807) is 6.07 Å². The lowest BCUT2D eigenvalue weighted by Gasteiger charge is -2.34. The van der Waals surface area contributed by atoms with Crippen molar-refractivity contribution in [1.82, 2.24) is 24.8 Å². The number of rotatable bonds is 9. The van der Waals surface area contributed by atoms with Gasteiger partial charge in [-0.2, -0.15) is 0 Å². The van der Waals surface area contributed by atoms with E-state index in [0.29, 0.717) is 42.1 Å². The average Bonchev–Trinajstić information content (AvgIpc) is 3.56. The molecule has 1 aliphatic carbocycles. The van der Waals surface area contributed by atoms with Crippen LogP contribution in [0.3, 0.4) is 0 Å². The number of likely N-dealkylation sites (tertiary alicyclic amines) is 1. The van der Waals surface area contributed by atoms with E-state index < -0.39 is 11.6 Å². The van der Waals surface area contributed by atoms with Crippen LogP contribution in [-0.2, 0) is 0 Å². The lowest BCUT2D eigenvalue weighted by Crippen LogP contribution is -2.38. The van der Waals surface area contributed by atoms with Crippen molar-refractivity contribution >= 4 is 17.5 Å². The molecule has 2 fully saturated rings. The summed E-state index contributed by atoms with van der Waals surface area (Å²) in [5.74, 6) is 0.880. The van der Waals surface area contributed by atoms with Gasteiger partial charge in [-0.3, -0.25) is 0 Å². The smallest absolute Gasteiger partial charge is 0.229 e. The fourth-order valence-corrected chi connectivity index (χ4v) is 6.95. The molecular weight excluding hydrogens is 560 g/mol. The molecule has 236 valence electrons. The van der Waals surface area contributed by atoms with Crippen LogP contribution in [0.2, 0.25) is 0 Å². The highest BCUT2D eigenvalue weighted by atomic mass is 19.1. The van der Waals surface area contributed by atoms with E-state index in [0.717, 1.165) is 58.1 Å². The quantitative estimate of drug-likeness (QED) is 0.294. The predicted octanol–water partition coefficient (Wildman–Crippen LogP) is 6.57. The molecule has 3 aromatic rings. The number of likely N-dealkylation sites (N-methyl/N-ethyl adjacent to an activating group) is 1. The molecule has 10 heteroatoms. The van der Waals surface area contributed by atoms with Crippen LogP contribution >= 0.6 is 0 Å². The van der Waals surface area contributed by atoms with Gasteiger partial charge in [0.2, 0.25) is 5.95 Å². The molecule has 3 aliphatic rings. The van der Waals surface area contributed by atoms with Gasteiger partial charge in [-0.05, 0) is 96.4 Å². The van der Waals surface area contributed by atoms with E-state index in [-0.39, 0.29) is 23.4 Å². The normalized spacial score (nSPS) is 18.2. The molecule has 8 nitrogen and oxygen atoms in total. The monoisotopic (exact) mass is 605 g/mol. The van der Waals surface area contributed by atoms with Crippen LogP contribution < -0.4 is 15.0 Å². The fourth-order valence-electron chi connectivity index (χ4n) is 6.95. The van der Waals surface area contributed by atoms with Crippen molar-refractivity contribution in [3.05, 3.63) is 53.4 Å². The molecule has 2 aliphatic heterocycles. The van der Waals surface area contributed by atoms with Crippen molar-refractivity contribution in [2.45, 2.75) is 70.3 Å². The second-order valence-electron chi connectivity index (χ2n) is 13.0. The van der Waals surface area contributed by atoms with E-state index in [1.807, 2.05) is 19.9 Å². The Morgan fingerprint density at radius 1 is 0.977 bits per heavy atom. The molecule has 44 heavy (non-hydrogen) atoms. The maximum Gasteiger partial charge on any atom is 0.229 e. The second-order valence-corrected chi connectivity index (χ2v) is 13.0. The van der Waals surface area contributed by atoms with Crippen LogP contribution in [0.5, 0.6) is 5.75 Å². The number of benzene rings is 1. The minimum atomic E-state index is -0.616. The Hall–Kier alpha value is -3.37. The highest BCUT2D eigenvalue weighted by molar-refractivity contribution is 5.73. The van der Waals surface area contributed by atoms with E-state index >= 15 is 8.78 Å². The number of fused-ring (bicyclic) bond motifs is 1. The topological polar surface area (TPSA) is 69.7 Å². The standard InChI is InChI=1S/C34H45F2N7O/c1-22(2)43-17-18-44-33-27(35)19-25(20-29(33)43)32-28(36)21-37-34(40-32)39-30-10-9-26(31(38-30)24-7-5-6-8-24)23-11-13-42(14-12-23)16-15-41(3)4/h9-10,19-24H,5-8,11-18H2,1-4H3,(H,37,38,39,40). The lowest BCUT2D eigenvalue weighted by molar-refractivity contribution is 0.193. The van der Waals surface area contributed by atoms with Gasteiger partial charge < -0.3 is 24.8 Å². The van der Waals surface area contributed by atoms with Crippen LogP contribution in [0.1, 0.15) is 75.5 Å². The van der Waals surface area contributed by atoms with Crippen LogP contribution in [0.4, 0.5) is 26.2 Å². The number of nitrogens with one attached hydrogen (secondary N) is 1. The number of hydrogen-bond acceptors (Lipinski definition) is 8. The highest BCUT2D eigenvalue weighted by Gasteiger charge is 2.29. The number of hydrogen-bond donors (Lipinski definition) is 1. The first-order valence-electron chi connectivity index (χ1n) is 16.2. The van der Waals surface area contributed by atoms with Crippen molar-refractivity contribution in [2.75, 3.05) is 63.6 Å². The van der Waals surface area contributed by atoms with Crippen molar-refractivity contribution in [3.8, 4) is 17.0 Å². The average molecular weight is 606 g/mol. The summed E-state index contributed by atoms with van der Waals surface area (Å²) in [6.07, 6.45) is 8.19. The van der Waals surface area contributed by atoms with Crippen molar-refractivity contribution in [2.24, 2.45) is 0 Å². The summed E-state index contributed by atoms with van der Waals surface area (Å²) >= 11 is 0. The third-order valence-corrected chi connectivity index (χ3v) is 9.38. The SMILES string of the molecule is CC(C)N1CCOc2c(F)cc(-c3nc(Nc4ccc(C5CCN(CCN(C)C)CC5)c(C5CCCC5)n4)ncc3F)cc21. The second kappa shape index (κ2) is 13.3. The first-order chi connectivity index (χ1) is 21.3. The molecule has 2 aromatic heterocycles. The van der Waals surface area contributed by atoms with Crippen LogP contribution in [0, 0.1) is 11.6 Å². The van der Waals surface area contributed by atoms with Gasteiger partial charge in [-0.25, -0.2) is 23.7 Å². The van der Waals surface area contributed by atoms with Gasteiger partial charge in [0.15, 0.2) is 17.4 Å². The van der Waals surface area contributed by atoms with Gasteiger partial charge in [-0.1, -0.05) is 18.9 Å². The molecule has 1 saturated heterocycles. The summed E-state index contributed by atoms with van der Waals surface area (Å²) in [4.78, 5) is 20.7. The molecule has 6 rings (SSSR count). The van der Waals surface area contributed by atoms with Crippen LogP contribution in [0.25, 0.3) is 11.3 Å². The zero-order valence-corrected chi connectivity index (χ0v) is 26.5. The predicted molar refractivity (Wildman–Crippen MR) is 171 cm³/mol. The number of pyridine rings is 1. The fraction of sp³-hybridized carbons (Fsp3) is 0.559. The Morgan fingerprint density at radius 3 is 2.48 bits per heavy atom. The largest absolute Gasteiger partial charge is 0.486 e. The minimum absolute atomic E-state index is 0.0344. The molecule has 0 spiro atoms. The Morgan fingerprint density at radius 2 is 1.75 bits per heavy atom. The molecule has 1 N–H and O–H groups in total. The zero-order valence-electron chi connectivity index (χ0n) is 26.5. The minimum Gasteiger partial charge on any atom is -0.486 e. The van der Waals surface area contributed by atoms with Gasteiger partial charge >= 0.3 is 0 Å². The summed E-state index contributed by atoms with van der Waals surface area (Å²) in [6.45, 7) is 9.53. The van der Waals surface area contributed by atoms with Crippen molar-refractivity contribution < 1.29 is 13.5 Å². The van der Waals surface area contributed by atoms with E-state index in [1.165, 1.54) is 30.2 Å². The van der Waals surface area contributed by atoms with E-state index in [4.69, 9.17) is 9.72 Å². The highest BCUT2D eigenvalue weighted by Crippen LogP contribution is 2.41. The molecular formula is C34H45F2N7O. The number of anilines is 3. The lowest BCUT2D eigenvalue weighted by atomic mass is 9.85. The van der Waals surface area contributed by atoms with Crippen molar-refractivity contribution in [3.63, 3.8) is 0 Å². The Kier molecular flexibility index (Phi) is 9.28. The van der Waals surface area contributed by atoms with Gasteiger partial charge in [-0.15, -0.1) is 0 Å². The van der Waals surface area contributed by atoms with Crippen LogP contribution in [-0.4, -0.2) is 84.2 Å². The number of nitrogens with zero attached hydrogens (tertiary/aromatic N) is 6. The molecule has 4 heterocycles. The Balaban J connectivity index is 1.25. The van der Waals surface area contributed by atoms with Gasteiger partial charge in [0.25, 0.3) is 0 Å². The number of aromatic nitrogens is 3. The molecule has 0 amide bonds. The number of ether oxygens (including phenoxy) is 1. The van der Waals surface area contributed by atoms with Gasteiger partial charge in [0, 0.05) is 36.3 Å². The molecule has 1 aromatic carbocycles. The molecule has 0 radical (unpaired) electrons. The maximum atomic E-state index is 15.2. The molecule has 1 saturated carbocycles. The Bertz CT molecular complexity index is 1450. The zero-order chi connectivity index (χ0) is 30.8. The molecule has 0 bridgehead atoms. The first-order valence-corrected chi connectivity index (χ1v) is 16.2. The van der Waals surface area contributed by atoms with Crippen molar-refractivity contribution in [1.29, 1.82) is 0 Å². The summed E-state index contributed by atoms with van der Waals surface area (Å²) in [7, 11) is 4.26. The van der Waals surface area contributed by atoms with Gasteiger partial charge in [0.1, 0.15) is 18.1 Å². The first kappa shape index (κ1) is 30.6. The maximum absolute atomic E-state index is 15.2. The number of halogens is 2. The third kappa shape index (κ3) is 6.66. The third-order valence-electron chi connectivity index (χ3n) is 9.38. The number of piperidine rings is 1. The molecule has 0 unspecified atom stereocenters. The van der Waals surface area contributed by atoms with E-state index in [2.05, 4.69) is 50.1 Å². The molecule has 0 atom stereocenters. The van der Waals surface area contributed by atoms with E-state index in [9.17, 15) is 0 Å². The Labute approximate surface area is 259 Å².